The van der Waals surface area contributed by atoms with Gasteiger partial charge in [0.05, 0.1) is 0 Å². The van der Waals surface area contributed by atoms with Crippen molar-refractivity contribution in [3.05, 3.63) is 47.5 Å². The van der Waals surface area contributed by atoms with E-state index in [1.165, 1.54) is 5.56 Å². The summed E-state index contributed by atoms with van der Waals surface area (Å²) >= 11 is 0. The smallest absolute Gasteiger partial charge is 0.331 e. The van der Waals surface area contributed by atoms with Gasteiger partial charge in [-0.15, -0.1) is 0 Å². The van der Waals surface area contributed by atoms with Crippen molar-refractivity contribution in [2.75, 3.05) is 0 Å². The highest BCUT2D eigenvalue weighted by molar-refractivity contribution is 5.90. The molecule has 0 amide bonds. The molecular formula is C14H16O4. The van der Waals surface area contributed by atoms with Crippen molar-refractivity contribution < 1.29 is 19.4 Å². The first-order chi connectivity index (χ1) is 8.49. The van der Waals surface area contributed by atoms with E-state index in [0.29, 0.717) is 5.92 Å². The second-order valence-corrected chi connectivity index (χ2v) is 4.18. The van der Waals surface area contributed by atoms with E-state index in [4.69, 9.17) is 9.84 Å². The molecule has 0 aliphatic rings. The van der Waals surface area contributed by atoms with Crippen molar-refractivity contribution in [2.24, 2.45) is 0 Å². The molecule has 1 aromatic rings. The topological polar surface area (TPSA) is 63.6 Å². The van der Waals surface area contributed by atoms with Gasteiger partial charge in [-0.25, -0.2) is 9.59 Å². The van der Waals surface area contributed by atoms with Gasteiger partial charge in [0.2, 0.25) is 0 Å². The maximum Gasteiger partial charge on any atom is 0.331 e. The van der Waals surface area contributed by atoms with Gasteiger partial charge in [-0.1, -0.05) is 38.1 Å². The molecule has 1 N–H and O–H groups in total. The van der Waals surface area contributed by atoms with E-state index in [2.05, 4.69) is 13.8 Å². The fourth-order valence-corrected chi connectivity index (χ4v) is 1.34. The van der Waals surface area contributed by atoms with Crippen LogP contribution in [-0.2, 0) is 20.9 Å². The van der Waals surface area contributed by atoms with Gasteiger partial charge < -0.3 is 9.84 Å². The number of carbonyl (C=O) groups excluding carboxylic acids is 1. The zero-order valence-electron chi connectivity index (χ0n) is 10.4. The monoisotopic (exact) mass is 248 g/mol. The van der Waals surface area contributed by atoms with E-state index in [9.17, 15) is 9.59 Å². The molecule has 0 spiro atoms. The Kier molecular flexibility index (Phi) is 5.11. The van der Waals surface area contributed by atoms with Crippen molar-refractivity contribution in [2.45, 2.75) is 26.4 Å². The molecule has 0 bridgehead atoms. The molecule has 18 heavy (non-hydrogen) atoms. The van der Waals surface area contributed by atoms with Gasteiger partial charge in [-0.3, -0.25) is 0 Å². The highest BCUT2D eigenvalue weighted by atomic mass is 16.5. The summed E-state index contributed by atoms with van der Waals surface area (Å²) in [5.41, 5.74) is 2.09. The van der Waals surface area contributed by atoms with Crippen molar-refractivity contribution in [1.29, 1.82) is 0 Å². The number of carboxylic acids is 1. The van der Waals surface area contributed by atoms with E-state index in [0.717, 1.165) is 17.7 Å². The number of carboxylic acid groups (broad SMARTS) is 1. The summed E-state index contributed by atoms with van der Waals surface area (Å²) in [5, 5.41) is 8.34. The molecule has 0 unspecified atom stereocenters. The number of hydrogen-bond donors (Lipinski definition) is 1. The van der Waals surface area contributed by atoms with Crippen LogP contribution >= 0.6 is 0 Å². The van der Waals surface area contributed by atoms with E-state index in [1.54, 1.807) is 0 Å². The van der Waals surface area contributed by atoms with Crippen LogP contribution in [0.15, 0.2) is 36.4 Å². The number of benzene rings is 1. The molecule has 4 heteroatoms. The van der Waals surface area contributed by atoms with Gasteiger partial charge in [0.15, 0.2) is 0 Å². The molecule has 1 aromatic carbocycles. The van der Waals surface area contributed by atoms with Crippen LogP contribution in [0.2, 0.25) is 0 Å². The van der Waals surface area contributed by atoms with Gasteiger partial charge >= 0.3 is 11.9 Å². The first kappa shape index (κ1) is 14.0. The van der Waals surface area contributed by atoms with Crippen LogP contribution < -0.4 is 0 Å². The summed E-state index contributed by atoms with van der Waals surface area (Å²) in [6, 6.07) is 7.76. The molecule has 0 atom stereocenters. The summed E-state index contributed by atoms with van der Waals surface area (Å²) < 4.78 is 4.89. The minimum Gasteiger partial charge on any atom is -0.478 e. The molecule has 0 aliphatic carbocycles. The Morgan fingerprint density at radius 1 is 1.22 bits per heavy atom. The third kappa shape index (κ3) is 4.82. The van der Waals surface area contributed by atoms with Crippen molar-refractivity contribution in [1.82, 2.24) is 0 Å². The lowest BCUT2D eigenvalue weighted by atomic mass is 10.0. The molecule has 1 rings (SSSR count). The molecule has 0 saturated carbocycles. The molecular weight excluding hydrogens is 232 g/mol. The second-order valence-electron chi connectivity index (χ2n) is 4.18. The highest BCUT2D eigenvalue weighted by Gasteiger charge is 2.02. The van der Waals surface area contributed by atoms with Crippen molar-refractivity contribution in [3.8, 4) is 0 Å². The molecule has 4 nitrogen and oxygen atoms in total. The highest BCUT2D eigenvalue weighted by Crippen LogP contribution is 2.15. The van der Waals surface area contributed by atoms with Gasteiger partial charge in [0.1, 0.15) is 6.61 Å². The van der Waals surface area contributed by atoms with Crippen LogP contribution in [0.25, 0.3) is 0 Å². The van der Waals surface area contributed by atoms with Crippen LogP contribution in [0.4, 0.5) is 0 Å². The molecule has 96 valence electrons. The van der Waals surface area contributed by atoms with E-state index in [-0.39, 0.29) is 6.61 Å². The molecule has 0 heterocycles. The van der Waals surface area contributed by atoms with Crippen LogP contribution in [-0.4, -0.2) is 17.0 Å². The maximum absolute atomic E-state index is 11.1. The third-order valence-electron chi connectivity index (χ3n) is 2.39. The van der Waals surface area contributed by atoms with E-state index < -0.39 is 11.9 Å². The fraction of sp³-hybridized carbons (Fsp3) is 0.286. The Balaban J connectivity index is 2.49. The summed E-state index contributed by atoms with van der Waals surface area (Å²) in [4.78, 5) is 21.3. The fourth-order valence-electron chi connectivity index (χ4n) is 1.34. The number of ether oxygens (including phenoxy) is 1. The Hall–Kier alpha value is -2.10. The van der Waals surface area contributed by atoms with Crippen LogP contribution in [0.3, 0.4) is 0 Å². The lowest BCUT2D eigenvalue weighted by Crippen LogP contribution is -2.02. The minimum atomic E-state index is -1.17. The summed E-state index contributed by atoms with van der Waals surface area (Å²) in [6.45, 7) is 4.35. The number of esters is 1. The predicted octanol–water partition coefficient (Wildman–Crippen LogP) is 2.49. The molecule has 0 aromatic heterocycles. The molecule has 0 saturated heterocycles. The zero-order chi connectivity index (χ0) is 13.5. The number of hydrogen-bond acceptors (Lipinski definition) is 3. The Bertz CT molecular complexity index is 443. The first-order valence-electron chi connectivity index (χ1n) is 5.65. The standard InChI is InChI=1S/C14H16O4/c1-10(2)12-5-3-11(4-6-12)9-18-14(17)8-7-13(15)16/h3-8,10H,9H2,1-2H3,(H,15,16)/b8-7-. The summed E-state index contributed by atoms with van der Waals surface area (Å²) in [7, 11) is 0. The second kappa shape index (κ2) is 6.59. The lowest BCUT2D eigenvalue weighted by molar-refractivity contribution is -0.139. The number of aliphatic carboxylic acids is 1. The SMILES string of the molecule is CC(C)c1ccc(COC(=O)/C=C\C(=O)O)cc1. The number of carbonyl (C=O) groups is 2. The quantitative estimate of drug-likeness (QED) is 0.642. The molecule has 0 radical (unpaired) electrons. The normalized spacial score (nSPS) is 10.8. The predicted molar refractivity (Wildman–Crippen MR) is 67.1 cm³/mol. The Labute approximate surface area is 106 Å². The van der Waals surface area contributed by atoms with Gasteiger partial charge in [-0.2, -0.15) is 0 Å². The van der Waals surface area contributed by atoms with E-state index >= 15 is 0 Å². The lowest BCUT2D eigenvalue weighted by Gasteiger charge is -2.06. The largest absolute Gasteiger partial charge is 0.478 e. The maximum atomic E-state index is 11.1. The molecule has 0 fully saturated rings. The Morgan fingerprint density at radius 3 is 2.33 bits per heavy atom. The van der Waals surface area contributed by atoms with Gasteiger partial charge in [-0.05, 0) is 17.0 Å². The minimum absolute atomic E-state index is 0.140. The van der Waals surface area contributed by atoms with Gasteiger partial charge in [0.25, 0.3) is 0 Å². The van der Waals surface area contributed by atoms with Crippen LogP contribution in [0, 0.1) is 0 Å². The molecule has 0 aliphatic heterocycles. The first-order valence-corrected chi connectivity index (χ1v) is 5.65. The van der Waals surface area contributed by atoms with Crippen molar-refractivity contribution >= 4 is 11.9 Å². The van der Waals surface area contributed by atoms with Gasteiger partial charge in [0, 0.05) is 12.2 Å². The average molecular weight is 248 g/mol. The van der Waals surface area contributed by atoms with Crippen LogP contribution in [0.5, 0.6) is 0 Å². The van der Waals surface area contributed by atoms with Crippen LogP contribution in [0.1, 0.15) is 30.9 Å². The van der Waals surface area contributed by atoms with E-state index in [1.807, 2.05) is 24.3 Å². The van der Waals surface area contributed by atoms with Crippen molar-refractivity contribution in [3.63, 3.8) is 0 Å². The number of rotatable bonds is 5. The summed E-state index contributed by atoms with van der Waals surface area (Å²) in [6.07, 6.45) is 1.65. The summed E-state index contributed by atoms with van der Waals surface area (Å²) in [5.74, 6) is -1.38. The zero-order valence-corrected chi connectivity index (χ0v) is 10.4. The Morgan fingerprint density at radius 2 is 1.83 bits per heavy atom. The average Bonchev–Trinajstić information content (AvgIpc) is 2.34. The third-order valence-corrected chi connectivity index (χ3v) is 2.39.